The van der Waals surface area contributed by atoms with Crippen molar-refractivity contribution in [3.05, 3.63) is 54.3 Å². The third-order valence-corrected chi connectivity index (χ3v) is 9.02. The molecule has 0 spiro atoms. The molecule has 2 N–H and O–H groups in total. The first-order chi connectivity index (χ1) is 21.0. The molecular weight excluding hydrogens is 548 g/mol. The zero-order valence-corrected chi connectivity index (χ0v) is 25.8. The number of aromatic nitrogens is 4. The number of aromatic amines is 1. The Labute approximate surface area is 255 Å². The van der Waals surface area contributed by atoms with Crippen LogP contribution >= 0.6 is 0 Å². The summed E-state index contributed by atoms with van der Waals surface area (Å²) in [7, 11) is 0. The molecule has 0 radical (unpaired) electrons. The molecule has 238 valence electrons. The van der Waals surface area contributed by atoms with Crippen LogP contribution in [-0.4, -0.2) is 69.8 Å². The quantitative estimate of drug-likeness (QED) is 0.196. The fourth-order valence-corrected chi connectivity index (χ4v) is 6.54. The largest absolute Gasteiger partial charge is 0.469 e. The van der Waals surface area contributed by atoms with Crippen molar-refractivity contribution in [2.75, 3.05) is 13.2 Å². The number of unbranched alkanes of at least 4 members (excludes halogenated alkanes) is 1. The molecule has 7 atom stereocenters. The number of hydrogen-bond acceptors (Lipinski definition) is 9. The van der Waals surface area contributed by atoms with Crippen LogP contribution in [0.3, 0.4) is 0 Å². The molecule has 2 saturated heterocycles. The Bertz CT molecular complexity index is 1090. The summed E-state index contributed by atoms with van der Waals surface area (Å²) in [6.07, 6.45) is 20.3. The molecule has 0 amide bonds. The van der Waals surface area contributed by atoms with Crippen LogP contribution in [0.5, 0.6) is 0 Å². The highest BCUT2D eigenvalue weighted by molar-refractivity contribution is 5.11. The highest BCUT2D eigenvalue weighted by Crippen LogP contribution is 2.40. The minimum Gasteiger partial charge on any atom is -0.469 e. The Balaban J connectivity index is 1.29. The fourth-order valence-electron chi connectivity index (χ4n) is 6.54. The van der Waals surface area contributed by atoms with Gasteiger partial charge in [-0.3, -0.25) is 0 Å². The fraction of sp³-hybridized carbons (Fsp3) is 0.727. The van der Waals surface area contributed by atoms with E-state index in [-0.39, 0.29) is 42.0 Å². The van der Waals surface area contributed by atoms with Crippen LogP contribution in [-0.2, 0) is 31.8 Å². The molecule has 10 nitrogen and oxygen atoms in total. The summed E-state index contributed by atoms with van der Waals surface area (Å²) in [5.74, 6) is 1.74. The van der Waals surface area contributed by atoms with Gasteiger partial charge in [-0.2, -0.15) is 5.21 Å². The first-order valence-electron chi connectivity index (χ1n) is 16.3. The standard InChI is InChI=1S/C33H50N4O6/c1-33(2,23-24-12-11-21-39-24)29(43-32-16-8-10-20-41-32)18-17-26-25(13-5-3-4-6-14-30-34-36-37-35-30)27(38)22-28(26)42-31-15-7-9-19-40-31/h3,5,11-12,17-18,21,25-29,31-32,38H,4,6-10,13-16,19-20,22-23H2,1-2H3,(H,34,35,36,37)/b5-3-,18-17?. The highest BCUT2D eigenvalue weighted by atomic mass is 16.7. The summed E-state index contributed by atoms with van der Waals surface area (Å²) in [6.45, 7) is 5.90. The molecule has 3 aliphatic rings. The maximum Gasteiger partial charge on any atom is 0.174 e. The van der Waals surface area contributed by atoms with Gasteiger partial charge < -0.3 is 28.5 Å². The lowest BCUT2D eigenvalue weighted by molar-refractivity contribution is -0.197. The third-order valence-electron chi connectivity index (χ3n) is 9.02. The molecular formula is C33H50N4O6. The second-order valence-corrected chi connectivity index (χ2v) is 12.9. The minimum absolute atomic E-state index is 0.0299. The van der Waals surface area contributed by atoms with Crippen molar-refractivity contribution in [2.24, 2.45) is 17.3 Å². The van der Waals surface area contributed by atoms with E-state index < -0.39 is 6.10 Å². The van der Waals surface area contributed by atoms with Gasteiger partial charge >= 0.3 is 0 Å². The topological polar surface area (TPSA) is 125 Å². The van der Waals surface area contributed by atoms with Gasteiger partial charge in [-0.25, -0.2) is 0 Å². The van der Waals surface area contributed by atoms with Crippen LogP contribution < -0.4 is 0 Å². The first-order valence-corrected chi connectivity index (χ1v) is 16.3. The Kier molecular flexibility index (Phi) is 12.0. The number of nitrogens with one attached hydrogen (secondary N) is 1. The van der Waals surface area contributed by atoms with E-state index in [1.807, 2.05) is 12.1 Å². The summed E-state index contributed by atoms with van der Waals surface area (Å²) in [5, 5.41) is 25.4. The summed E-state index contributed by atoms with van der Waals surface area (Å²) < 4.78 is 30.9. The number of tetrazole rings is 1. The molecule has 43 heavy (non-hydrogen) atoms. The number of rotatable bonds is 15. The van der Waals surface area contributed by atoms with Crippen LogP contribution in [0.15, 0.2) is 47.1 Å². The summed E-state index contributed by atoms with van der Waals surface area (Å²) >= 11 is 0. The number of ether oxygens (including phenoxy) is 4. The number of H-pyrrole nitrogens is 1. The predicted molar refractivity (Wildman–Crippen MR) is 161 cm³/mol. The number of aryl methyl sites for hydroxylation is 1. The second kappa shape index (κ2) is 16.1. The van der Waals surface area contributed by atoms with Crippen LogP contribution in [0, 0.1) is 17.3 Å². The zero-order chi connectivity index (χ0) is 29.9. The average molecular weight is 599 g/mol. The van der Waals surface area contributed by atoms with Crippen LogP contribution in [0.4, 0.5) is 0 Å². The lowest BCUT2D eigenvalue weighted by Crippen LogP contribution is -2.38. The smallest absolute Gasteiger partial charge is 0.174 e. The molecule has 4 heterocycles. The highest BCUT2D eigenvalue weighted by Gasteiger charge is 2.43. The number of furan rings is 1. The number of aliphatic hydroxyl groups excluding tert-OH is 1. The Hall–Kier alpha value is -2.37. The van der Waals surface area contributed by atoms with Gasteiger partial charge in [-0.1, -0.05) is 43.4 Å². The molecule has 2 aromatic rings. The lowest BCUT2D eigenvalue weighted by Gasteiger charge is -2.36. The molecule has 0 bridgehead atoms. The van der Waals surface area contributed by atoms with Crippen molar-refractivity contribution in [1.29, 1.82) is 0 Å². The molecule has 1 saturated carbocycles. The van der Waals surface area contributed by atoms with Crippen LogP contribution in [0.2, 0.25) is 0 Å². The maximum atomic E-state index is 11.3. The van der Waals surface area contributed by atoms with Gasteiger partial charge in [0.2, 0.25) is 0 Å². The summed E-state index contributed by atoms with van der Waals surface area (Å²) in [4.78, 5) is 0. The van der Waals surface area contributed by atoms with Gasteiger partial charge in [0.15, 0.2) is 18.4 Å². The monoisotopic (exact) mass is 598 g/mol. The van der Waals surface area contributed by atoms with E-state index >= 15 is 0 Å². The molecule has 7 unspecified atom stereocenters. The summed E-state index contributed by atoms with van der Waals surface area (Å²) in [5.41, 5.74) is -0.247. The van der Waals surface area contributed by atoms with Gasteiger partial charge in [0.05, 0.1) is 24.6 Å². The number of allylic oxidation sites excluding steroid dienone is 2. The zero-order valence-electron chi connectivity index (χ0n) is 25.8. The van der Waals surface area contributed by atoms with Gasteiger partial charge in [-0.05, 0) is 75.8 Å². The van der Waals surface area contributed by atoms with Crippen molar-refractivity contribution in [3.63, 3.8) is 0 Å². The van der Waals surface area contributed by atoms with Crippen molar-refractivity contribution >= 4 is 0 Å². The Morgan fingerprint density at radius 3 is 2.63 bits per heavy atom. The van der Waals surface area contributed by atoms with Gasteiger partial charge in [-0.15, -0.1) is 10.2 Å². The van der Waals surface area contributed by atoms with Crippen LogP contribution in [0.25, 0.3) is 0 Å². The van der Waals surface area contributed by atoms with Gasteiger partial charge in [0.1, 0.15) is 5.76 Å². The van der Waals surface area contributed by atoms with Crippen molar-refractivity contribution < 1.29 is 28.5 Å². The summed E-state index contributed by atoms with van der Waals surface area (Å²) in [6, 6.07) is 3.95. The molecule has 3 fully saturated rings. The molecule has 10 heteroatoms. The normalized spacial score (nSPS) is 29.6. The molecule has 5 rings (SSSR count). The molecule has 2 aliphatic heterocycles. The van der Waals surface area contributed by atoms with Crippen LogP contribution in [0.1, 0.15) is 89.6 Å². The second-order valence-electron chi connectivity index (χ2n) is 12.9. The lowest BCUT2D eigenvalue weighted by atomic mass is 9.80. The van der Waals surface area contributed by atoms with E-state index in [0.29, 0.717) is 6.42 Å². The minimum atomic E-state index is -0.454. The Morgan fingerprint density at radius 1 is 1.12 bits per heavy atom. The number of nitrogens with zero attached hydrogens (tertiary/aromatic N) is 3. The Morgan fingerprint density at radius 2 is 1.93 bits per heavy atom. The third kappa shape index (κ3) is 9.56. The van der Waals surface area contributed by atoms with E-state index in [4.69, 9.17) is 23.4 Å². The predicted octanol–water partition coefficient (Wildman–Crippen LogP) is 5.71. The van der Waals surface area contributed by atoms with Crippen molar-refractivity contribution in [2.45, 2.75) is 122 Å². The van der Waals surface area contributed by atoms with E-state index in [9.17, 15) is 5.11 Å². The van der Waals surface area contributed by atoms with Crippen molar-refractivity contribution in [1.82, 2.24) is 20.6 Å². The maximum absolute atomic E-state index is 11.3. The average Bonchev–Trinajstić information content (AvgIpc) is 3.77. The number of aliphatic hydroxyl groups is 1. The first kappa shape index (κ1) is 32.0. The SMILES string of the molecule is CC(C)(Cc1ccco1)C(C=CC1C(OC2CCCCO2)CC(O)C1C/C=C\CCCc1nn[nH]n1)OC1CCCCO1. The van der Waals surface area contributed by atoms with Gasteiger partial charge in [0, 0.05) is 43.8 Å². The molecule has 1 aliphatic carbocycles. The van der Waals surface area contributed by atoms with E-state index in [1.165, 1.54) is 0 Å². The van der Waals surface area contributed by atoms with Gasteiger partial charge in [0.25, 0.3) is 0 Å². The molecule has 0 aromatic carbocycles. The van der Waals surface area contributed by atoms with E-state index in [0.717, 1.165) is 95.4 Å². The van der Waals surface area contributed by atoms with Crippen molar-refractivity contribution in [3.8, 4) is 0 Å². The number of hydrogen-bond donors (Lipinski definition) is 2. The molecule has 2 aromatic heterocycles. The van der Waals surface area contributed by atoms with E-state index in [2.05, 4.69) is 58.8 Å². The van der Waals surface area contributed by atoms with E-state index in [1.54, 1.807) is 6.26 Å².